The Morgan fingerprint density at radius 2 is 1.86 bits per heavy atom. The van der Waals surface area contributed by atoms with Crippen molar-refractivity contribution in [3.8, 4) is 11.5 Å². The first-order valence-electron chi connectivity index (χ1n) is 10.2. The first-order valence-corrected chi connectivity index (χ1v) is 10.2. The molecule has 1 aliphatic rings. The third-order valence-corrected chi connectivity index (χ3v) is 5.35. The van der Waals surface area contributed by atoms with Crippen molar-refractivity contribution in [1.29, 1.82) is 0 Å². The zero-order valence-corrected chi connectivity index (χ0v) is 17.6. The molecular weight excluding hydrogens is 364 g/mol. The van der Waals surface area contributed by atoms with E-state index in [4.69, 9.17) is 9.47 Å². The zero-order valence-electron chi connectivity index (χ0n) is 17.6. The highest BCUT2D eigenvalue weighted by Gasteiger charge is 2.23. The number of hydrogen-bond acceptors (Lipinski definition) is 4. The first kappa shape index (κ1) is 20.8. The number of ether oxygens (including phenoxy) is 2. The predicted octanol–water partition coefficient (Wildman–Crippen LogP) is 2.94. The van der Waals surface area contributed by atoms with E-state index in [1.165, 1.54) is 17.7 Å². The Morgan fingerprint density at radius 1 is 1.07 bits per heavy atom. The number of hydrogen-bond donors (Lipinski definition) is 2. The van der Waals surface area contributed by atoms with Crippen LogP contribution in [0.3, 0.4) is 0 Å². The van der Waals surface area contributed by atoms with Gasteiger partial charge in [-0.25, -0.2) is 0 Å². The molecule has 0 amide bonds. The van der Waals surface area contributed by atoms with Crippen molar-refractivity contribution in [2.45, 2.75) is 12.8 Å². The van der Waals surface area contributed by atoms with Gasteiger partial charge in [0.25, 0.3) is 0 Å². The van der Waals surface area contributed by atoms with Gasteiger partial charge in [0.1, 0.15) is 11.5 Å². The topological polar surface area (TPSA) is 58.1 Å². The van der Waals surface area contributed by atoms with Crippen LogP contribution in [0.5, 0.6) is 11.5 Å². The van der Waals surface area contributed by atoms with Gasteiger partial charge < -0.3 is 25.0 Å². The highest BCUT2D eigenvalue weighted by atomic mass is 16.5. The van der Waals surface area contributed by atoms with Crippen LogP contribution in [0.4, 0.5) is 5.69 Å². The molecule has 1 saturated heterocycles. The van der Waals surface area contributed by atoms with Crippen molar-refractivity contribution in [3.05, 3.63) is 54.1 Å². The molecule has 0 aromatic heterocycles. The van der Waals surface area contributed by atoms with Gasteiger partial charge >= 0.3 is 0 Å². The van der Waals surface area contributed by atoms with Crippen LogP contribution in [0.2, 0.25) is 0 Å². The summed E-state index contributed by atoms with van der Waals surface area (Å²) < 4.78 is 10.5. The molecule has 0 saturated carbocycles. The molecule has 0 bridgehead atoms. The first-order chi connectivity index (χ1) is 14.2. The molecule has 1 atom stereocenters. The maximum absolute atomic E-state index is 5.35. The summed E-state index contributed by atoms with van der Waals surface area (Å²) in [6.45, 7) is 3.88. The summed E-state index contributed by atoms with van der Waals surface area (Å²) in [5.74, 6) is 3.25. The highest BCUT2D eigenvalue weighted by Crippen LogP contribution is 2.26. The Morgan fingerprint density at radius 3 is 2.59 bits per heavy atom. The van der Waals surface area contributed by atoms with Crippen molar-refractivity contribution >= 4 is 11.6 Å². The van der Waals surface area contributed by atoms with E-state index in [-0.39, 0.29) is 0 Å². The van der Waals surface area contributed by atoms with E-state index in [0.29, 0.717) is 5.92 Å². The quantitative estimate of drug-likeness (QED) is 0.531. The van der Waals surface area contributed by atoms with Gasteiger partial charge in [-0.05, 0) is 48.6 Å². The maximum Gasteiger partial charge on any atom is 0.190 e. The van der Waals surface area contributed by atoms with Crippen LogP contribution < -0.4 is 25.0 Å². The van der Waals surface area contributed by atoms with Crippen molar-refractivity contribution in [3.63, 3.8) is 0 Å². The van der Waals surface area contributed by atoms with E-state index in [1.54, 1.807) is 14.2 Å². The number of benzene rings is 2. The summed E-state index contributed by atoms with van der Waals surface area (Å²) in [5, 5.41) is 6.88. The van der Waals surface area contributed by atoms with Crippen LogP contribution in [0.1, 0.15) is 12.0 Å². The second-order valence-electron chi connectivity index (χ2n) is 7.28. The molecular formula is C23H32N4O2. The predicted molar refractivity (Wildman–Crippen MR) is 119 cm³/mol. The second kappa shape index (κ2) is 10.6. The number of aliphatic imine (C=N–C) groups is 1. The van der Waals surface area contributed by atoms with E-state index in [1.807, 2.05) is 31.3 Å². The second-order valence-corrected chi connectivity index (χ2v) is 7.28. The van der Waals surface area contributed by atoms with Gasteiger partial charge in [0.05, 0.1) is 14.2 Å². The van der Waals surface area contributed by atoms with E-state index < -0.39 is 0 Å². The molecule has 3 rings (SSSR count). The molecule has 156 valence electrons. The van der Waals surface area contributed by atoms with Gasteiger partial charge in [-0.3, -0.25) is 4.99 Å². The average molecular weight is 397 g/mol. The smallest absolute Gasteiger partial charge is 0.190 e. The summed E-state index contributed by atoms with van der Waals surface area (Å²) in [7, 11) is 5.22. The van der Waals surface area contributed by atoms with E-state index >= 15 is 0 Å². The fourth-order valence-electron chi connectivity index (χ4n) is 3.62. The Hall–Kier alpha value is -2.89. The van der Waals surface area contributed by atoms with E-state index in [0.717, 1.165) is 50.1 Å². The lowest BCUT2D eigenvalue weighted by atomic mass is 10.1. The van der Waals surface area contributed by atoms with Crippen molar-refractivity contribution in [2.24, 2.45) is 10.9 Å². The minimum atomic E-state index is 0.598. The van der Waals surface area contributed by atoms with Gasteiger partial charge in [0.2, 0.25) is 0 Å². The third-order valence-electron chi connectivity index (χ3n) is 5.35. The standard InChI is InChI=1S/C23H32N4O2/c1-24-23(25-13-11-18-7-9-21(28-2)10-8-18)26-16-19-12-14-27(17-19)20-5-4-6-22(15-20)29-3/h4-10,15,19H,11-14,16-17H2,1-3H3,(H2,24,25,26). The summed E-state index contributed by atoms with van der Waals surface area (Å²) in [6.07, 6.45) is 2.12. The van der Waals surface area contributed by atoms with Crippen LogP contribution in [0, 0.1) is 5.92 Å². The monoisotopic (exact) mass is 396 g/mol. The Bertz CT molecular complexity index is 792. The highest BCUT2D eigenvalue weighted by molar-refractivity contribution is 5.79. The number of nitrogens with zero attached hydrogens (tertiary/aromatic N) is 2. The van der Waals surface area contributed by atoms with Crippen LogP contribution >= 0.6 is 0 Å². The van der Waals surface area contributed by atoms with Gasteiger partial charge in [0, 0.05) is 45.0 Å². The zero-order chi connectivity index (χ0) is 20.5. The molecule has 0 aliphatic carbocycles. The normalized spacial score (nSPS) is 16.6. The van der Waals surface area contributed by atoms with Gasteiger partial charge in [-0.15, -0.1) is 0 Å². The lowest BCUT2D eigenvalue weighted by Gasteiger charge is -2.20. The fourth-order valence-corrected chi connectivity index (χ4v) is 3.62. The van der Waals surface area contributed by atoms with Gasteiger partial charge in [-0.1, -0.05) is 18.2 Å². The fraction of sp³-hybridized carbons (Fsp3) is 0.435. The number of anilines is 1. The minimum Gasteiger partial charge on any atom is -0.497 e. The molecule has 1 aliphatic heterocycles. The molecule has 2 aromatic rings. The molecule has 29 heavy (non-hydrogen) atoms. The minimum absolute atomic E-state index is 0.598. The molecule has 1 unspecified atom stereocenters. The largest absolute Gasteiger partial charge is 0.497 e. The van der Waals surface area contributed by atoms with Crippen molar-refractivity contribution < 1.29 is 9.47 Å². The summed E-state index contributed by atoms with van der Waals surface area (Å²) in [6, 6.07) is 16.5. The molecule has 2 aromatic carbocycles. The summed E-state index contributed by atoms with van der Waals surface area (Å²) >= 11 is 0. The molecule has 1 heterocycles. The van der Waals surface area contributed by atoms with Crippen LogP contribution in [0.25, 0.3) is 0 Å². The van der Waals surface area contributed by atoms with Crippen molar-refractivity contribution in [1.82, 2.24) is 10.6 Å². The molecule has 0 radical (unpaired) electrons. The molecule has 1 fully saturated rings. The summed E-state index contributed by atoms with van der Waals surface area (Å²) in [4.78, 5) is 6.78. The Balaban J connectivity index is 1.40. The average Bonchev–Trinajstić information content (AvgIpc) is 3.25. The van der Waals surface area contributed by atoms with Crippen LogP contribution in [-0.4, -0.2) is 53.4 Å². The molecule has 0 spiro atoms. The third kappa shape index (κ3) is 6.04. The van der Waals surface area contributed by atoms with E-state index in [9.17, 15) is 0 Å². The van der Waals surface area contributed by atoms with Gasteiger partial charge in [-0.2, -0.15) is 0 Å². The lowest BCUT2D eigenvalue weighted by molar-refractivity contribution is 0.414. The van der Waals surface area contributed by atoms with Gasteiger partial charge in [0.15, 0.2) is 5.96 Å². The van der Waals surface area contributed by atoms with Crippen LogP contribution in [0.15, 0.2) is 53.5 Å². The molecule has 6 nitrogen and oxygen atoms in total. The Labute approximate surface area is 173 Å². The number of guanidine groups is 1. The lowest BCUT2D eigenvalue weighted by Crippen LogP contribution is -2.41. The van der Waals surface area contributed by atoms with Crippen LogP contribution in [-0.2, 0) is 6.42 Å². The SMILES string of the molecule is CN=C(NCCc1ccc(OC)cc1)NCC1CCN(c2cccc(OC)c2)C1. The molecule has 6 heteroatoms. The Kier molecular flexibility index (Phi) is 7.61. The molecule has 2 N–H and O–H groups in total. The number of nitrogens with one attached hydrogen (secondary N) is 2. The summed E-state index contributed by atoms with van der Waals surface area (Å²) in [5.41, 5.74) is 2.51. The number of rotatable bonds is 8. The van der Waals surface area contributed by atoms with E-state index in [2.05, 4.69) is 44.8 Å². The van der Waals surface area contributed by atoms with Crippen molar-refractivity contribution in [2.75, 3.05) is 52.3 Å². The number of methoxy groups -OCH3 is 2. The maximum atomic E-state index is 5.35.